The number of hydrogen-bond donors (Lipinski definition) is 2. The van der Waals surface area contributed by atoms with Crippen LogP contribution >= 0.6 is 0 Å². The van der Waals surface area contributed by atoms with Crippen LogP contribution in [0.5, 0.6) is 0 Å². The summed E-state index contributed by atoms with van der Waals surface area (Å²) in [4.78, 5) is 33.8. The van der Waals surface area contributed by atoms with E-state index in [0.29, 0.717) is 0 Å². The summed E-state index contributed by atoms with van der Waals surface area (Å²) in [5.74, 6) is -3.43. The van der Waals surface area contributed by atoms with Crippen molar-refractivity contribution in [1.82, 2.24) is 0 Å². The first-order chi connectivity index (χ1) is 10.5. The predicted molar refractivity (Wildman–Crippen MR) is 74.1 cm³/mol. The average Bonchev–Trinajstić information content (AvgIpc) is 3.07. The van der Waals surface area contributed by atoms with Gasteiger partial charge in [-0.3, -0.25) is 19.7 Å². The van der Waals surface area contributed by atoms with Crippen molar-refractivity contribution in [3.8, 4) is 0 Å². The van der Waals surface area contributed by atoms with Crippen LogP contribution in [0.15, 0.2) is 36.4 Å². The van der Waals surface area contributed by atoms with Gasteiger partial charge in [0.05, 0.1) is 23.0 Å². The van der Waals surface area contributed by atoms with E-state index in [9.17, 15) is 24.8 Å². The number of ether oxygens (including phenoxy) is 1. The predicted octanol–water partition coefficient (Wildman–Crippen LogP) is 1.19. The fourth-order valence-electron chi connectivity index (χ4n) is 2.84. The van der Waals surface area contributed by atoms with Gasteiger partial charge in [0.2, 0.25) is 5.91 Å². The molecule has 1 fully saturated rings. The van der Waals surface area contributed by atoms with Gasteiger partial charge >= 0.3 is 5.97 Å². The number of hydrogen-bond acceptors (Lipinski definition) is 5. The van der Waals surface area contributed by atoms with Crippen molar-refractivity contribution < 1.29 is 24.4 Å². The Bertz CT molecular complexity index is 686. The van der Waals surface area contributed by atoms with Gasteiger partial charge in [-0.2, -0.15) is 0 Å². The number of nitrogens with one attached hydrogen (secondary N) is 1. The van der Waals surface area contributed by atoms with Gasteiger partial charge in [-0.25, -0.2) is 0 Å². The molecule has 2 N–H and O–H groups in total. The van der Waals surface area contributed by atoms with Crippen LogP contribution in [-0.4, -0.2) is 34.1 Å². The minimum atomic E-state index is -1.10. The molecule has 0 aliphatic carbocycles. The van der Waals surface area contributed by atoms with Gasteiger partial charge in [0.25, 0.3) is 5.69 Å². The van der Waals surface area contributed by atoms with E-state index in [1.165, 1.54) is 24.3 Å². The monoisotopic (exact) mass is 304 g/mol. The van der Waals surface area contributed by atoms with Crippen molar-refractivity contribution in [3.63, 3.8) is 0 Å². The second kappa shape index (κ2) is 5.23. The number of anilines is 1. The molecule has 2 bridgehead atoms. The number of aliphatic carboxylic acids is 1. The van der Waals surface area contributed by atoms with E-state index in [-0.39, 0.29) is 11.4 Å². The molecule has 3 rings (SSSR count). The Morgan fingerprint density at radius 1 is 1.23 bits per heavy atom. The molecule has 2 aliphatic heterocycles. The molecule has 2 heterocycles. The average molecular weight is 304 g/mol. The molecular formula is C14H12N2O6. The number of carbonyl (C=O) groups excluding carboxylic acids is 1. The smallest absolute Gasteiger partial charge is 0.310 e. The molecule has 0 aromatic heterocycles. The van der Waals surface area contributed by atoms with Crippen LogP contribution in [0.25, 0.3) is 0 Å². The third-order valence-corrected chi connectivity index (χ3v) is 3.81. The van der Waals surface area contributed by atoms with E-state index < -0.39 is 40.8 Å². The molecule has 1 aromatic rings. The molecule has 4 atom stereocenters. The van der Waals surface area contributed by atoms with Gasteiger partial charge in [0.1, 0.15) is 5.92 Å². The van der Waals surface area contributed by atoms with Crippen LogP contribution in [0.2, 0.25) is 0 Å². The summed E-state index contributed by atoms with van der Waals surface area (Å²) in [5, 5.41) is 22.5. The molecule has 8 nitrogen and oxygen atoms in total. The molecule has 0 radical (unpaired) electrons. The minimum Gasteiger partial charge on any atom is -0.481 e. The lowest BCUT2D eigenvalue weighted by atomic mass is 9.82. The fourth-order valence-corrected chi connectivity index (χ4v) is 2.84. The second-order valence-corrected chi connectivity index (χ2v) is 5.14. The zero-order valence-corrected chi connectivity index (χ0v) is 11.2. The summed E-state index contributed by atoms with van der Waals surface area (Å²) >= 11 is 0. The van der Waals surface area contributed by atoms with E-state index in [1.54, 1.807) is 12.2 Å². The second-order valence-electron chi connectivity index (χ2n) is 5.14. The van der Waals surface area contributed by atoms with Crippen LogP contribution < -0.4 is 5.32 Å². The van der Waals surface area contributed by atoms with Gasteiger partial charge in [-0.1, -0.05) is 18.2 Å². The highest BCUT2D eigenvalue weighted by molar-refractivity contribution is 5.96. The van der Waals surface area contributed by atoms with Crippen LogP contribution in [0.3, 0.4) is 0 Å². The number of amides is 1. The highest BCUT2D eigenvalue weighted by Gasteiger charge is 2.53. The summed E-state index contributed by atoms with van der Waals surface area (Å²) in [5.41, 5.74) is 0.0896. The summed E-state index contributed by atoms with van der Waals surface area (Å²) in [6.45, 7) is 0. The number of nitro groups is 1. The largest absolute Gasteiger partial charge is 0.481 e. The SMILES string of the molecule is O=C(O)[C@@H]1[C@H](C(=O)Nc2cccc([N+](=O)[O-])c2)[C@H]2C=C[C@H]1O2. The summed E-state index contributed by atoms with van der Waals surface area (Å²) in [7, 11) is 0. The van der Waals surface area contributed by atoms with Crippen molar-refractivity contribution in [2.75, 3.05) is 5.32 Å². The number of rotatable bonds is 4. The number of carboxylic acids is 1. The third kappa shape index (κ3) is 2.33. The standard InChI is InChI=1S/C14H12N2O6/c17-13(15-7-2-1-3-8(6-7)16(20)21)11-9-4-5-10(22-9)12(11)14(18)19/h1-6,9-12H,(H,15,17)(H,18,19)/t9-,10-,11-,12+/m1/s1. The van der Waals surface area contributed by atoms with Gasteiger partial charge in [0, 0.05) is 17.8 Å². The van der Waals surface area contributed by atoms with Crippen molar-refractivity contribution in [2.24, 2.45) is 11.8 Å². The zero-order valence-electron chi connectivity index (χ0n) is 11.2. The van der Waals surface area contributed by atoms with E-state index in [0.717, 1.165) is 0 Å². The highest BCUT2D eigenvalue weighted by Crippen LogP contribution is 2.39. The lowest BCUT2D eigenvalue weighted by Gasteiger charge is -2.20. The summed E-state index contributed by atoms with van der Waals surface area (Å²) in [6.07, 6.45) is 2.12. The topological polar surface area (TPSA) is 119 Å². The Labute approximate surface area is 124 Å². The number of carboxylic acid groups (broad SMARTS) is 1. The Balaban J connectivity index is 1.80. The van der Waals surface area contributed by atoms with Gasteiger partial charge in [-0.15, -0.1) is 0 Å². The minimum absolute atomic E-state index is 0.156. The Kier molecular flexibility index (Phi) is 3.38. The fraction of sp³-hybridized carbons (Fsp3) is 0.286. The first kappa shape index (κ1) is 14.2. The van der Waals surface area contributed by atoms with Gasteiger partial charge < -0.3 is 15.2 Å². The van der Waals surface area contributed by atoms with Crippen LogP contribution in [0, 0.1) is 22.0 Å². The van der Waals surface area contributed by atoms with Crippen molar-refractivity contribution in [3.05, 3.63) is 46.5 Å². The third-order valence-electron chi connectivity index (χ3n) is 3.81. The molecule has 0 unspecified atom stereocenters. The lowest BCUT2D eigenvalue weighted by molar-refractivity contribution is -0.384. The normalized spacial score (nSPS) is 28.5. The number of carbonyl (C=O) groups is 2. The lowest BCUT2D eigenvalue weighted by Crippen LogP contribution is -2.39. The molecule has 0 spiro atoms. The molecule has 0 saturated carbocycles. The number of nitrogens with zero attached hydrogens (tertiary/aromatic N) is 1. The van der Waals surface area contributed by atoms with Crippen LogP contribution in [-0.2, 0) is 14.3 Å². The van der Waals surface area contributed by atoms with Crippen molar-refractivity contribution in [1.29, 1.82) is 0 Å². The maximum atomic E-state index is 12.3. The molecule has 22 heavy (non-hydrogen) atoms. The number of benzene rings is 1. The van der Waals surface area contributed by atoms with E-state index >= 15 is 0 Å². The molecule has 8 heteroatoms. The number of fused-ring (bicyclic) bond motifs is 2. The van der Waals surface area contributed by atoms with Crippen LogP contribution in [0.4, 0.5) is 11.4 Å². The maximum Gasteiger partial charge on any atom is 0.310 e. The number of non-ortho nitro benzene ring substituents is 1. The Morgan fingerprint density at radius 2 is 1.91 bits per heavy atom. The van der Waals surface area contributed by atoms with E-state index in [1.807, 2.05) is 0 Å². The van der Waals surface area contributed by atoms with Gasteiger partial charge in [0.15, 0.2) is 0 Å². The molecule has 1 saturated heterocycles. The summed E-state index contributed by atoms with van der Waals surface area (Å²) in [6, 6.07) is 5.47. The van der Waals surface area contributed by atoms with Gasteiger partial charge in [-0.05, 0) is 6.07 Å². The number of nitro benzene ring substituents is 1. The Morgan fingerprint density at radius 3 is 2.55 bits per heavy atom. The first-order valence-electron chi connectivity index (χ1n) is 6.59. The van der Waals surface area contributed by atoms with Crippen molar-refractivity contribution in [2.45, 2.75) is 12.2 Å². The zero-order chi connectivity index (χ0) is 15.9. The summed E-state index contributed by atoms with van der Waals surface area (Å²) < 4.78 is 5.42. The van der Waals surface area contributed by atoms with E-state index in [4.69, 9.17) is 4.74 Å². The molecule has 114 valence electrons. The molecule has 1 aromatic carbocycles. The van der Waals surface area contributed by atoms with E-state index in [2.05, 4.69) is 5.32 Å². The van der Waals surface area contributed by atoms with Crippen molar-refractivity contribution >= 4 is 23.3 Å². The molecule has 1 amide bonds. The highest BCUT2D eigenvalue weighted by atomic mass is 16.6. The Hall–Kier alpha value is -2.74. The maximum absolute atomic E-state index is 12.3. The molecule has 2 aliphatic rings. The molecular weight excluding hydrogens is 292 g/mol. The first-order valence-corrected chi connectivity index (χ1v) is 6.59. The quantitative estimate of drug-likeness (QED) is 0.490. The van der Waals surface area contributed by atoms with Crippen LogP contribution in [0.1, 0.15) is 0 Å².